The molecule has 0 aliphatic rings. The van der Waals surface area contributed by atoms with Crippen molar-refractivity contribution in [1.29, 1.82) is 0 Å². The van der Waals surface area contributed by atoms with Crippen LogP contribution >= 0.6 is 0 Å². The van der Waals surface area contributed by atoms with E-state index in [-0.39, 0.29) is 5.91 Å². The maximum Gasteiger partial charge on any atom is 0.255 e. The van der Waals surface area contributed by atoms with Crippen LogP contribution in [0.2, 0.25) is 0 Å². The Bertz CT molecular complexity index is 592. The van der Waals surface area contributed by atoms with E-state index < -0.39 is 0 Å². The summed E-state index contributed by atoms with van der Waals surface area (Å²) in [5, 5.41) is 6.84. The molecule has 0 spiro atoms. The summed E-state index contributed by atoms with van der Waals surface area (Å²) >= 11 is 0. The fourth-order valence-electron chi connectivity index (χ4n) is 1.68. The van der Waals surface area contributed by atoms with Crippen LogP contribution < -0.4 is 15.8 Å². The molecular weight excluding hydrogens is 244 g/mol. The number of hydrogen-bond acceptors (Lipinski definition) is 4. The lowest BCUT2D eigenvalue weighted by Gasteiger charge is -2.06. The quantitative estimate of drug-likeness (QED) is 0.820. The average molecular weight is 260 g/mol. The lowest BCUT2D eigenvalue weighted by molar-refractivity contribution is 0.102. The van der Waals surface area contributed by atoms with E-state index in [1.165, 1.54) is 7.11 Å². The maximum atomic E-state index is 12.1. The standard InChI is InChI=1S/C13H16N4O2/c1-3-17-8-11(7-15-17)16-13(18)9-4-10(14)6-12(5-9)19-2/h4-8H,3,14H2,1-2H3,(H,16,18). The van der Waals surface area contributed by atoms with Gasteiger partial charge in [0.2, 0.25) is 0 Å². The molecule has 100 valence electrons. The number of aromatic nitrogens is 2. The van der Waals surface area contributed by atoms with Crippen molar-refractivity contribution in [2.75, 3.05) is 18.2 Å². The highest BCUT2D eigenvalue weighted by molar-refractivity contribution is 6.04. The molecule has 2 aromatic rings. The first kappa shape index (κ1) is 12.9. The second-order valence-corrected chi connectivity index (χ2v) is 4.03. The van der Waals surface area contributed by atoms with Crippen LogP contribution in [-0.4, -0.2) is 22.8 Å². The zero-order valence-corrected chi connectivity index (χ0v) is 10.9. The number of ether oxygens (including phenoxy) is 1. The predicted molar refractivity (Wildman–Crippen MR) is 73.3 cm³/mol. The Labute approximate surface area is 111 Å². The highest BCUT2D eigenvalue weighted by Crippen LogP contribution is 2.19. The molecule has 1 aromatic heterocycles. The van der Waals surface area contributed by atoms with Gasteiger partial charge in [-0.2, -0.15) is 5.10 Å². The summed E-state index contributed by atoms with van der Waals surface area (Å²) < 4.78 is 6.81. The van der Waals surface area contributed by atoms with Gasteiger partial charge in [0.1, 0.15) is 5.75 Å². The summed E-state index contributed by atoms with van der Waals surface area (Å²) in [5.74, 6) is 0.302. The Morgan fingerprint density at radius 2 is 2.26 bits per heavy atom. The van der Waals surface area contributed by atoms with Gasteiger partial charge in [-0.25, -0.2) is 0 Å². The van der Waals surface area contributed by atoms with Crippen LogP contribution in [0.15, 0.2) is 30.6 Å². The van der Waals surface area contributed by atoms with Crippen molar-refractivity contribution in [1.82, 2.24) is 9.78 Å². The molecule has 3 N–H and O–H groups in total. The second-order valence-electron chi connectivity index (χ2n) is 4.03. The number of amides is 1. The van der Waals surface area contributed by atoms with Gasteiger partial charge in [0.25, 0.3) is 5.91 Å². The minimum Gasteiger partial charge on any atom is -0.497 e. The zero-order chi connectivity index (χ0) is 13.8. The van der Waals surface area contributed by atoms with Crippen molar-refractivity contribution in [3.63, 3.8) is 0 Å². The molecular formula is C13H16N4O2. The number of anilines is 2. The van der Waals surface area contributed by atoms with Gasteiger partial charge in [0, 0.05) is 30.1 Å². The number of aryl methyl sites for hydroxylation is 1. The van der Waals surface area contributed by atoms with E-state index in [1.54, 1.807) is 35.3 Å². The van der Waals surface area contributed by atoms with Crippen molar-refractivity contribution in [3.05, 3.63) is 36.2 Å². The van der Waals surface area contributed by atoms with E-state index in [4.69, 9.17) is 10.5 Å². The van der Waals surface area contributed by atoms with Crippen LogP contribution in [0.1, 0.15) is 17.3 Å². The minimum atomic E-state index is -0.249. The minimum absolute atomic E-state index is 0.249. The van der Waals surface area contributed by atoms with Crippen molar-refractivity contribution in [3.8, 4) is 5.75 Å². The number of benzene rings is 1. The van der Waals surface area contributed by atoms with E-state index in [2.05, 4.69) is 10.4 Å². The van der Waals surface area contributed by atoms with Gasteiger partial charge in [-0.1, -0.05) is 0 Å². The van der Waals surface area contributed by atoms with E-state index >= 15 is 0 Å². The molecule has 0 unspecified atom stereocenters. The summed E-state index contributed by atoms with van der Waals surface area (Å²) in [6.07, 6.45) is 3.37. The molecule has 0 aliphatic carbocycles. The molecule has 0 saturated carbocycles. The van der Waals surface area contributed by atoms with Crippen LogP contribution in [0.25, 0.3) is 0 Å². The number of nitrogens with one attached hydrogen (secondary N) is 1. The molecule has 1 heterocycles. The normalized spacial score (nSPS) is 10.2. The molecule has 0 fully saturated rings. The molecule has 19 heavy (non-hydrogen) atoms. The fraction of sp³-hybridized carbons (Fsp3) is 0.231. The highest BCUT2D eigenvalue weighted by Gasteiger charge is 2.09. The summed E-state index contributed by atoms with van der Waals surface area (Å²) in [5.41, 5.74) is 7.29. The topological polar surface area (TPSA) is 82.2 Å². The van der Waals surface area contributed by atoms with Crippen molar-refractivity contribution in [2.45, 2.75) is 13.5 Å². The first-order valence-electron chi connectivity index (χ1n) is 5.90. The summed E-state index contributed by atoms with van der Waals surface area (Å²) in [4.78, 5) is 12.1. The molecule has 1 amide bonds. The molecule has 0 atom stereocenters. The van der Waals surface area contributed by atoms with Gasteiger partial charge in [-0.05, 0) is 19.1 Å². The average Bonchev–Trinajstić information content (AvgIpc) is 2.85. The Balaban J connectivity index is 2.17. The number of nitrogens with zero attached hydrogens (tertiary/aromatic N) is 2. The van der Waals surface area contributed by atoms with Gasteiger partial charge < -0.3 is 15.8 Å². The third-order valence-corrected chi connectivity index (χ3v) is 2.64. The van der Waals surface area contributed by atoms with Gasteiger partial charge in [0.05, 0.1) is 19.0 Å². The molecule has 6 nitrogen and oxygen atoms in total. The molecule has 0 aliphatic heterocycles. The zero-order valence-electron chi connectivity index (χ0n) is 10.9. The van der Waals surface area contributed by atoms with Crippen LogP contribution in [0.5, 0.6) is 5.75 Å². The number of nitrogens with two attached hydrogens (primary N) is 1. The number of hydrogen-bond donors (Lipinski definition) is 2. The third kappa shape index (κ3) is 3.04. The molecule has 6 heteroatoms. The van der Waals surface area contributed by atoms with Crippen LogP contribution in [0.4, 0.5) is 11.4 Å². The number of nitrogen functional groups attached to an aromatic ring is 1. The Morgan fingerprint density at radius 3 is 2.89 bits per heavy atom. The van der Waals surface area contributed by atoms with E-state index in [1.807, 2.05) is 6.92 Å². The summed E-state index contributed by atoms with van der Waals surface area (Å²) in [6.45, 7) is 2.73. The summed E-state index contributed by atoms with van der Waals surface area (Å²) in [6, 6.07) is 4.89. The number of methoxy groups -OCH3 is 1. The lowest BCUT2D eigenvalue weighted by atomic mass is 10.1. The van der Waals surface area contributed by atoms with E-state index in [0.717, 1.165) is 6.54 Å². The fourth-order valence-corrected chi connectivity index (χ4v) is 1.68. The Kier molecular flexibility index (Phi) is 3.70. The largest absolute Gasteiger partial charge is 0.497 e. The van der Waals surface area contributed by atoms with Crippen LogP contribution in [0, 0.1) is 0 Å². The van der Waals surface area contributed by atoms with Gasteiger partial charge in [-0.3, -0.25) is 9.48 Å². The molecule has 0 radical (unpaired) electrons. The SMILES string of the molecule is CCn1cc(NC(=O)c2cc(N)cc(OC)c2)cn1. The first-order valence-corrected chi connectivity index (χ1v) is 5.90. The number of rotatable bonds is 4. The van der Waals surface area contributed by atoms with Crippen molar-refractivity contribution >= 4 is 17.3 Å². The first-order chi connectivity index (χ1) is 9.12. The Hall–Kier alpha value is -2.50. The predicted octanol–water partition coefficient (Wildman–Crippen LogP) is 1.75. The number of carbonyl (C=O) groups excluding carboxylic acids is 1. The monoisotopic (exact) mass is 260 g/mol. The molecule has 0 saturated heterocycles. The second kappa shape index (κ2) is 5.43. The van der Waals surface area contributed by atoms with Crippen molar-refractivity contribution in [2.24, 2.45) is 0 Å². The van der Waals surface area contributed by atoms with Gasteiger partial charge in [0.15, 0.2) is 0 Å². The smallest absolute Gasteiger partial charge is 0.255 e. The molecule has 1 aromatic carbocycles. The third-order valence-electron chi connectivity index (χ3n) is 2.64. The summed E-state index contributed by atoms with van der Waals surface area (Å²) in [7, 11) is 1.53. The highest BCUT2D eigenvalue weighted by atomic mass is 16.5. The van der Waals surface area contributed by atoms with Crippen molar-refractivity contribution < 1.29 is 9.53 Å². The lowest BCUT2D eigenvalue weighted by Crippen LogP contribution is -2.12. The van der Waals surface area contributed by atoms with E-state index in [0.29, 0.717) is 22.7 Å². The number of carbonyl (C=O) groups is 1. The van der Waals surface area contributed by atoms with Gasteiger partial charge >= 0.3 is 0 Å². The maximum absolute atomic E-state index is 12.1. The Morgan fingerprint density at radius 1 is 1.47 bits per heavy atom. The molecule has 2 rings (SSSR count). The van der Waals surface area contributed by atoms with E-state index in [9.17, 15) is 4.79 Å². The van der Waals surface area contributed by atoms with Crippen LogP contribution in [0.3, 0.4) is 0 Å². The van der Waals surface area contributed by atoms with Crippen LogP contribution in [-0.2, 0) is 6.54 Å². The molecule has 0 bridgehead atoms. The van der Waals surface area contributed by atoms with Gasteiger partial charge in [-0.15, -0.1) is 0 Å².